The van der Waals surface area contributed by atoms with Crippen LogP contribution >= 0.6 is 0 Å². The minimum absolute atomic E-state index is 0.0273. The van der Waals surface area contributed by atoms with Crippen molar-refractivity contribution in [3.05, 3.63) is 59.7 Å². The van der Waals surface area contributed by atoms with Gasteiger partial charge in [-0.1, -0.05) is 0 Å². The van der Waals surface area contributed by atoms with Crippen LogP contribution in [0.4, 0.5) is 8.78 Å². The Morgan fingerprint density at radius 2 is 2.00 bits per heavy atom. The molecule has 0 aliphatic carbocycles. The zero-order chi connectivity index (χ0) is 11.5. The van der Waals surface area contributed by atoms with Gasteiger partial charge in [-0.25, -0.2) is 18.7 Å². The highest BCUT2D eigenvalue weighted by Gasteiger charge is 2.15. The first kappa shape index (κ1) is 10.4. The molecule has 0 unspecified atom stereocenters. The zero-order valence-electron chi connectivity index (χ0n) is 8.02. The molecule has 2 aromatic rings. The quantitative estimate of drug-likeness (QED) is 0.727. The summed E-state index contributed by atoms with van der Waals surface area (Å²) in [6.45, 7) is 0. The molecule has 0 bridgehead atoms. The molecule has 1 aromatic carbocycles. The number of hydrogen-bond acceptors (Lipinski definition) is 3. The number of nitrogens with zero attached hydrogens (tertiary/aromatic N) is 2. The lowest BCUT2D eigenvalue weighted by molar-refractivity contribution is 0.103. The van der Waals surface area contributed by atoms with Crippen molar-refractivity contribution < 1.29 is 13.6 Å². The first-order chi connectivity index (χ1) is 7.68. The van der Waals surface area contributed by atoms with Gasteiger partial charge in [0.1, 0.15) is 23.7 Å². The fourth-order valence-electron chi connectivity index (χ4n) is 1.23. The lowest BCUT2D eigenvalue weighted by atomic mass is 10.1. The molecule has 16 heavy (non-hydrogen) atoms. The van der Waals surface area contributed by atoms with Crippen LogP contribution in [0.3, 0.4) is 0 Å². The van der Waals surface area contributed by atoms with Gasteiger partial charge in [0.15, 0.2) is 0 Å². The van der Waals surface area contributed by atoms with Crippen molar-refractivity contribution in [3.63, 3.8) is 0 Å². The van der Waals surface area contributed by atoms with E-state index in [0.29, 0.717) is 0 Å². The van der Waals surface area contributed by atoms with Gasteiger partial charge in [0.2, 0.25) is 5.78 Å². The first-order valence-corrected chi connectivity index (χ1v) is 4.44. The lowest BCUT2D eigenvalue weighted by Gasteiger charge is -2.01. The molecular formula is C11H6F2N2O. The van der Waals surface area contributed by atoms with E-state index in [4.69, 9.17) is 0 Å². The van der Waals surface area contributed by atoms with Crippen LogP contribution in [0.2, 0.25) is 0 Å². The first-order valence-electron chi connectivity index (χ1n) is 4.44. The molecule has 0 radical (unpaired) electrons. The van der Waals surface area contributed by atoms with Crippen LogP contribution in [0.25, 0.3) is 0 Å². The van der Waals surface area contributed by atoms with Gasteiger partial charge in [-0.05, 0) is 24.3 Å². The molecule has 1 aromatic heterocycles. The molecule has 0 aliphatic heterocycles. The molecule has 0 amide bonds. The summed E-state index contributed by atoms with van der Waals surface area (Å²) in [5, 5.41) is 0. The van der Waals surface area contributed by atoms with Gasteiger partial charge in [0.05, 0.1) is 5.56 Å². The summed E-state index contributed by atoms with van der Waals surface area (Å²) >= 11 is 0. The third-order valence-electron chi connectivity index (χ3n) is 1.99. The van der Waals surface area contributed by atoms with Gasteiger partial charge in [0.25, 0.3) is 0 Å². The van der Waals surface area contributed by atoms with Crippen LogP contribution in [0.5, 0.6) is 0 Å². The van der Waals surface area contributed by atoms with Crippen molar-refractivity contribution in [2.24, 2.45) is 0 Å². The Hall–Kier alpha value is -2.17. The smallest absolute Gasteiger partial charge is 0.214 e. The maximum Gasteiger partial charge on any atom is 0.214 e. The SMILES string of the molecule is O=C(c1ccncn1)c1cc(F)ccc1F. The standard InChI is InChI=1S/C11H6F2N2O/c12-7-1-2-9(13)8(5-7)11(16)10-3-4-14-6-15-10/h1-6H. The van der Waals surface area contributed by atoms with Crippen LogP contribution in [0.1, 0.15) is 16.1 Å². The summed E-state index contributed by atoms with van der Waals surface area (Å²) in [6.07, 6.45) is 2.53. The summed E-state index contributed by atoms with van der Waals surface area (Å²) in [7, 11) is 0. The van der Waals surface area contributed by atoms with Crippen molar-refractivity contribution in [3.8, 4) is 0 Å². The maximum absolute atomic E-state index is 13.3. The predicted octanol–water partition coefficient (Wildman–Crippen LogP) is 1.99. The number of carbonyl (C=O) groups excluding carboxylic acids is 1. The largest absolute Gasteiger partial charge is 0.287 e. The lowest BCUT2D eigenvalue weighted by Crippen LogP contribution is -2.07. The van der Waals surface area contributed by atoms with Gasteiger partial charge in [-0.15, -0.1) is 0 Å². The normalized spacial score (nSPS) is 10.1. The Morgan fingerprint density at radius 3 is 2.69 bits per heavy atom. The number of rotatable bonds is 2. The van der Waals surface area contributed by atoms with Gasteiger partial charge < -0.3 is 0 Å². The molecule has 0 atom stereocenters. The van der Waals surface area contributed by atoms with Gasteiger partial charge in [-0.2, -0.15) is 0 Å². The third kappa shape index (κ3) is 1.93. The van der Waals surface area contributed by atoms with E-state index in [1.807, 2.05) is 0 Å². The second-order valence-electron chi connectivity index (χ2n) is 3.05. The van der Waals surface area contributed by atoms with Crippen LogP contribution in [0, 0.1) is 11.6 Å². The minimum Gasteiger partial charge on any atom is -0.287 e. The third-order valence-corrected chi connectivity index (χ3v) is 1.99. The van der Waals surface area contributed by atoms with Crippen LogP contribution in [-0.4, -0.2) is 15.8 Å². The van der Waals surface area contributed by atoms with Crippen molar-refractivity contribution in [1.29, 1.82) is 0 Å². The van der Waals surface area contributed by atoms with E-state index in [2.05, 4.69) is 9.97 Å². The monoisotopic (exact) mass is 220 g/mol. The summed E-state index contributed by atoms with van der Waals surface area (Å²) in [5.41, 5.74) is -0.307. The van der Waals surface area contributed by atoms with E-state index >= 15 is 0 Å². The van der Waals surface area contributed by atoms with E-state index in [-0.39, 0.29) is 11.3 Å². The molecule has 0 N–H and O–H groups in total. The average molecular weight is 220 g/mol. The fraction of sp³-hybridized carbons (Fsp3) is 0. The van der Waals surface area contributed by atoms with Gasteiger partial charge >= 0.3 is 0 Å². The van der Waals surface area contributed by atoms with E-state index < -0.39 is 17.4 Å². The summed E-state index contributed by atoms with van der Waals surface area (Å²) < 4.78 is 26.1. The van der Waals surface area contributed by atoms with Crippen molar-refractivity contribution in [1.82, 2.24) is 9.97 Å². The molecule has 3 nitrogen and oxygen atoms in total. The van der Waals surface area contributed by atoms with Crippen LogP contribution < -0.4 is 0 Å². The summed E-state index contributed by atoms with van der Waals surface area (Å²) in [6, 6.07) is 4.04. The summed E-state index contributed by atoms with van der Waals surface area (Å²) in [4.78, 5) is 19.0. The predicted molar refractivity (Wildman–Crippen MR) is 51.8 cm³/mol. The Balaban J connectivity index is 2.46. The van der Waals surface area contributed by atoms with Crippen molar-refractivity contribution in [2.75, 3.05) is 0 Å². The number of hydrogen-bond donors (Lipinski definition) is 0. The number of aromatic nitrogens is 2. The number of ketones is 1. The highest BCUT2D eigenvalue weighted by molar-refractivity contribution is 6.07. The molecule has 0 fully saturated rings. The van der Waals surface area contributed by atoms with Crippen molar-refractivity contribution >= 4 is 5.78 Å². The topological polar surface area (TPSA) is 42.9 Å². The number of halogens is 2. The summed E-state index contributed by atoms with van der Waals surface area (Å²) in [5.74, 6) is -2.11. The van der Waals surface area contributed by atoms with E-state index in [9.17, 15) is 13.6 Å². The van der Waals surface area contributed by atoms with Crippen LogP contribution in [-0.2, 0) is 0 Å². The van der Waals surface area contributed by atoms with Crippen LogP contribution in [0.15, 0.2) is 36.8 Å². The number of benzene rings is 1. The molecule has 2 rings (SSSR count). The van der Waals surface area contributed by atoms with Gasteiger partial charge in [-0.3, -0.25) is 4.79 Å². The molecule has 5 heteroatoms. The van der Waals surface area contributed by atoms with E-state index in [1.54, 1.807) is 0 Å². The Bertz CT molecular complexity index is 529. The molecule has 0 saturated heterocycles. The Labute approximate surface area is 89.8 Å². The molecule has 0 spiro atoms. The molecule has 80 valence electrons. The van der Waals surface area contributed by atoms with E-state index in [0.717, 1.165) is 18.2 Å². The highest BCUT2D eigenvalue weighted by atomic mass is 19.1. The molecule has 0 saturated carbocycles. The number of carbonyl (C=O) groups is 1. The van der Waals surface area contributed by atoms with E-state index in [1.165, 1.54) is 18.6 Å². The molecular weight excluding hydrogens is 214 g/mol. The average Bonchev–Trinajstić information content (AvgIpc) is 2.32. The second kappa shape index (κ2) is 4.14. The Kier molecular flexibility index (Phi) is 2.68. The zero-order valence-corrected chi connectivity index (χ0v) is 8.02. The molecule has 0 aliphatic rings. The minimum atomic E-state index is -0.773. The fourth-order valence-corrected chi connectivity index (χ4v) is 1.23. The van der Waals surface area contributed by atoms with Crippen molar-refractivity contribution in [2.45, 2.75) is 0 Å². The van der Waals surface area contributed by atoms with Gasteiger partial charge in [0, 0.05) is 6.20 Å². The maximum atomic E-state index is 13.3. The highest BCUT2D eigenvalue weighted by Crippen LogP contribution is 2.13. The second-order valence-corrected chi connectivity index (χ2v) is 3.05. The Morgan fingerprint density at radius 1 is 1.19 bits per heavy atom. The molecule has 1 heterocycles.